The van der Waals surface area contributed by atoms with Gasteiger partial charge >= 0.3 is 11.9 Å². The zero-order valence-corrected chi connectivity index (χ0v) is 14.8. The molecule has 4 nitrogen and oxygen atoms in total. The Kier molecular flexibility index (Phi) is 9.25. The van der Waals surface area contributed by atoms with E-state index >= 15 is 0 Å². The van der Waals surface area contributed by atoms with Crippen molar-refractivity contribution in [3.05, 3.63) is 46.7 Å². The lowest BCUT2D eigenvalue weighted by Crippen LogP contribution is -2.08. The number of carbonyl (C=O) groups is 2. The topological polar surface area (TPSA) is 52.6 Å². The lowest BCUT2D eigenvalue weighted by atomic mass is 10.1. The Hall–Kier alpha value is -2.32. The molecule has 0 aliphatic rings. The minimum atomic E-state index is -0.350. The second kappa shape index (κ2) is 11.3. The molecule has 130 valence electrons. The van der Waals surface area contributed by atoms with E-state index in [2.05, 4.69) is 5.73 Å². The molecule has 24 heavy (non-hydrogen) atoms. The summed E-state index contributed by atoms with van der Waals surface area (Å²) in [5, 5.41) is 0. The van der Waals surface area contributed by atoms with Crippen molar-refractivity contribution < 1.29 is 19.1 Å². The van der Waals surface area contributed by atoms with E-state index in [-0.39, 0.29) is 11.9 Å². The fourth-order valence-corrected chi connectivity index (χ4v) is 2.09. The molecule has 0 radical (unpaired) electrons. The largest absolute Gasteiger partial charge is 0.466 e. The van der Waals surface area contributed by atoms with Crippen LogP contribution in [-0.2, 0) is 19.1 Å². The number of carbonyl (C=O) groups excluding carboxylic acids is 2. The van der Waals surface area contributed by atoms with Crippen molar-refractivity contribution in [1.82, 2.24) is 0 Å². The van der Waals surface area contributed by atoms with Crippen molar-refractivity contribution in [2.24, 2.45) is 0 Å². The Labute approximate surface area is 144 Å². The Morgan fingerprint density at radius 1 is 1.00 bits per heavy atom. The number of esters is 2. The molecule has 0 aliphatic heterocycles. The van der Waals surface area contributed by atoms with Crippen LogP contribution >= 0.6 is 0 Å². The number of benzene rings is 1. The smallest absolute Gasteiger partial charge is 0.341 e. The van der Waals surface area contributed by atoms with Crippen LogP contribution in [0.15, 0.2) is 35.6 Å². The third-order valence-corrected chi connectivity index (χ3v) is 3.38. The van der Waals surface area contributed by atoms with Crippen molar-refractivity contribution >= 4 is 18.0 Å². The Morgan fingerprint density at radius 2 is 1.62 bits per heavy atom. The normalized spacial score (nSPS) is 9.79. The van der Waals surface area contributed by atoms with E-state index in [0.717, 1.165) is 5.56 Å². The van der Waals surface area contributed by atoms with Crippen molar-refractivity contribution in [1.29, 1.82) is 0 Å². The summed E-state index contributed by atoms with van der Waals surface area (Å²) in [4.78, 5) is 23.3. The predicted octanol–water partition coefficient (Wildman–Crippen LogP) is 4.22. The lowest BCUT2D eigenvalue weighted by molar-refractivity contribution is -0.143. The Bertz CT molecular complexity index is 593. The van der Waals surface area contributed by atoms with E-state index in [9.17, 15) is 9.59 Å². The van der Waals surface area contributed by atoms with Crippen molar-refractivity contribution in [2.75, 3.05) is 13.2 Å². The van der Waals surface area contributed by atoms with E-state index in [1.54, 1.807) is 19.9 Å². The molecule has 0 fully saturated rings. The van der Waals surface area contributed by atoms with Gasteiger partial charge in [-0.3, -0.25) is 4.79 Å². The molecule has 0 N–H and O–H groups in total. The van der Waals surface area contributed by atoms with Crippen LogP contribution in [0.2, 0.25) is 0 Å². The molecular formula is C20H26O4. The molecule has 0 saturated heterocycles. The summed E-state index contributed by atoms with van der Waals surface area (Å²) >= 11 is 0. The second-order valence-corrected chi connectivity index (χ2v) is 5.41. The van der Waals surface area contributed by atoms with Gasteiger partial charge in [0.05, 0.1) is 18.8 Å². The first-order valence-corrected chi connectivity index (χ1v) is 8.41. The molecular weight excluding hydrogens is 304 g/mol. The van der Waals surface area contributed by atoms with Gasteiger partial charge < -0.3 is 9.47 Å². The fourth-order valence-electron chi connectivity index (χ4n) is 2.09. The van der Waals surface area contributed by atoms with Crippen LogP contribution in [0.5, 0.6) is 0 Å². The molecule has 4 heteroatoms. The minimum Gasteiger partial charge on any atom is -0.466 e. The van der Waals surface area contributed by atoms with Gasteiger partial charge in [0.1, 0.15) is 0 Å². The maximum atomic E-state index is 12.0. The van der Waals surface area contributed by atoms with Crippen molar-refractivity contribution in [2.45, 2.75) is 46.5 Å². The number of rotatable bonds is 9. The maximum absolute atomic E-state index is 12.0. The summed E-state index contributed by atoms with van der Waals surface area (Å²) in [6.07, 6.45) is 4.07. The zero-order chi connectivity index (χ0) is 17.8. The molecule has 0 aliphatic carbocycles. The van der Waals surface area contributed by atoms with Crippen molar-refractivity contribution in [3.8, 4) is 0 Å². The molecule has 0 atom stereocenters. The summed E-state index contributed by atoms with van der Waals surface area (Å²) in [5.74, 6) is -0.550. The SMILES string of the molecule is CCOC(=O)CCCCC(=C=Cc1ccc(C)cc1)C(=O)OCC. The molecule has 0 saturated carbocycles. The highest BCUT2D eigenvalue weighted by Gasteiger charge is 2.10. The van der Waals surface area contributed by atoms with E-state index in [4.69, 9.17) is 9.47 Å². The quantitative estimate of drug-likeness (QED) is 0.294. The summed E-state index contributed by atoms with van der Waals surface area (Å²) in [5.41, 5.74) is 5.72. The summed E-state index contributed by atoms with van der Waals surface area (Å²) < 4.78 is 9.97. The molecule has 1 rings (SSSR count). The number of hydrogen-bond acceptors (Lipinski definition) is 4. The third kappa shape index (κ3) is 7.80. The standard InChI is InChI=1S/C20H26O4/c1-4-23-19(21)9-7-6-8-18(20(22)24-5-2)15-14-17-12-10-16(3)11-13-17/h10-14H,4-9H2,1-3H3. The number of aryl methyl sites for hydroxylation is 1. The predicted molar refractivity (Wildman–Crippen MR) is 94.4 cm³/mol. The van der Waals surface area contributed by atoms with Crippen LogP contribution in [0.4, 0.5) is 0 Å². The monoisotopic (exact) mass is 330 g/mol. The van der Waals surface area contributed by atoms with Gasteiger partial charge in [-0.1, -0.05) is 29.8 Å². The molecule has 0 heterocycles. The van der Waals surface area contributed by atoms with E-state index in [1.165, 1.54) is 5.56 Å². The summed E-state index contributed by atoms with van der Waals surface area (Å²) in [7, 11) is 0. The van der Waals surface area contributed by atoms with Crippen LogP contribution < -0.4 is 0 Å². The molecule has 1 aromatic carbocycles. The van der Waals surface area contributed by atoms with Gasteiger partial charge in [-0.2, -0.15) is 0 Å². The van der Waals surface area contributed by atoms with Crippen LogP contribution in [0.25, 0.3) is 6.08 Å². The first-order chi connectivity index (χ1) is 11.6. The van der Waals surface area contributed by atoms with Crippen molar-refractivity contribution in [3.63, 3.8) is 0 Å². The highest BCUT2D eigenvalue weighted by molar-refractivity contribution is 5.88. The molecule has 0 bridgehead atoms. The van der Waals surface area contributed by atoms with Gasteiger partial charge in [0, 0.05) is 6.42 Å². The van der Waals surface area contributed by atoms with Gasteiger partial charge in [0.25, 0.3) is 0 Å². The van der Waals surface area contributed by atoms with Gasteiger partial charge in [0.15, 0.2) is 0 Å². The average Bonchev–Trinajstić information content (AvgIpc) is 2.56. The second-order valence-electron chi connectivity index (χ2n) is 5.41. The van der Waals surface area contributed by atoms with Gasteiger partial charge in [0.2, 0.25) is 0 Å². The first-order valence-electron chi connectivity index (χ1n) is 8.41. The van der Waals surface area contributed by atoms with Gasteiger partial charge in [-0.05, 0) is 51.7 Å². The highest BCUT2D eigenvalue weighted by atomic mass is 16.5. The number of unbranched alkanes of at least 4 members (excludes halogenated alkanes) is 1. The van der Waals surface area contributed by atoms with Crippen LogP contribution in [0.3, 0.4) is 0 Å². The molecule has 0 amide bonds. The Morgan fingerprint density at radius 3 is 2.25 bits per heavy atom. The average molecular weight is 330 g/mol. The van der Waals surface area contributed by atoms with Gasteiger partial charge in [-0.15, -0.1) is 5.73 Å². The third-order valence-electron chi connectivity index (χ3n) is 3.38. The number of ether oxygens (including phenoxy) is 2. The van der Waals surface area contributed by atoms with E-state index in [1.807, 2.05) is 31.2 Å². The highest BCUT2D eigenvalue weighted by Crippen LogP contribution is 2.12. The van der Waals surface area contributed by atoms with E-state index < -0.39 is 0 Å². The lowest BCUT2D eigenvalue weighted by Gasteiger charge is -2.05. The summed E-state index contributed by atoms with van der Waals surface area (Å²) in [6.45, 7) is 6.32. The fraction of sp³-hybridized carbons (Fsp3) is 0.450. The molecule has 0 aromatic heterocycles. The minimum absolute atomic E-state index is 0.200. The molecule has 0 unspecified atom stereocenters. The van der Waals surface area contributed by atoms with Crippen LogP contribution in [-0.4, -0.2) is 25.2 Å². The maximum Gasteiger partial charge on any atom is 0.341 e. The Balaban J connectivity index is 2.69. The number of hydrogen-bond donors (Lipinski definition) is 0. The molecule has 0 spiro atoms. The van der Waals surface area contributed by atoms with Gasteiger partial charge in [-0.25, -0.2) is 4.79 Å². The summed E-state index contributed by atoms with van der Waals surface area (Å²) in [6, 6.07) is 7.98. The van der Waals surface area contributed by atoms with Crippen LogP contribution in [0.1, 0.15) is 50.7 Å². The van der Waals surface area contributed by atoms with E-state index in [0.29, 0.717) is 44.5 Å². The zero-order valence-electron chi connectivity index (χ0n) is 14.8. The molecule has 1 aromatic rings. The van der Waals surface area contributed by atoms with Crippen LogP contribution in [0, 0.1) is 6.92 Å². The first kappa shape index (κ1) is 19.7.